The first-order valence-electron chi connectivity index (χ1n) is 8.29. The molecule has 0 atom stereocenters. The number of carbonyl (C=O) groups excluding carboxylic acids is 1. The first-order chi connectivity index (χ1) is 11.5. The first kappa shape index (κ1) is 16.6. The Kier molecular flexibility index (Phi) is 4.94. The van der Waals surface area contributed by atoms with Gasteiger partial charge in [-0.2, -0.15) is 0 Å². The van der Waals surface area contributed by atoms with Gasteiger partial charge in [0, 0.05) is 49.8 Å². The van der Waals surface area contributed by atoms with Crippen LogP contribution in [-0.2, 0) is 35.6 Å². The molecule has 24 heavy (non-hydrogen) atoms. The van der Waals surface area contributed by atoms with Crippen molar-refractivity contribution in [2.75, 3.05) is 6.54 Å². The number of hydrogen-bond donors (Lipinski definition) is 0. The summed E-state index contributed by atoms with van der Waals surface area (Å²) in [5, 5.41) is 0. The number of esters is 1. The van der Waals surface area contributed by atoms with Gasteiger partial charge in [-0.25, -0.2) is 9.97 Å². The Morgan fingerprint density at radius 3 is 2.92 bits per heavy atom. The van der Waals surface area contributed by atoms with E-state index in [0.717, 1.165) is 37.6 Å². The summed E-state index contributed by atoms with van der Waals surface area (Å²) in [7, 11) is 0. The lowest BCUT2D eigenvalue weighted by molar-refractivity contribution is -0.142. The molecule has 0 bridgehead atoms. The molecule has 0 fully saturated rings. The molecule has 2 aromatic heterocycles. The molecule has 0 saturated carbocycles. The standard InChI is InChI=1S/C18H23N3O3/c1-12(2)18-19-8-14-9-21(7-6-17(14)20-18)10-15-4-5-16(24-15)11-23-13(3)22/h4-5,8,12H,6-7,9-11H2,1-3H3. The second kappa shape index (κ2) is 7.13. The molecule has 128 valence electrons. The lowest BCUT2D eigenvalue weighted by Gasteiger charge is -2.27. The fraction of sp³-hybridized carbons (Fsp3) is 0.500. The summed E-state index contributed by atoms with van der Waals surface area (Å²) >= 11 is 0. The van der Waals surface area contributed by atoms with E-state index >= 15 is 0 Å². The van der Waals surface area contributed by atoms with E-state index in [2.05, 4.69) is 28.7 Å². The van der Waals surface area contributed by atoms with E-state index < -0.39 is 0 Å². The van der Waals surface area contributed by atoms with E-state index in [4.69, 9.17) is 9.15 Å². The predicted molar refractivity (Wildman–Crippen MR) is 88.1 cm³/mol. The van der Waals surface area contributed by atoms with Gasteiger partial charge in [0.05, 0.1) is 6.54 Å². The normalized spacial score (nSPS) is 14.7. The number of rotatable bonds is 5. The summed E-state index contributed by atoms with van der Waals surface area (Å²) in [6.45, 7) is 8.30. The maximum Gasteiger partial charge on any atom is 0.303 e. The zero-order valence-corrected chi connectivity index (χ0v) is 14.4. The van der Waals surface area contributed by atoms with Crippen LogP contribution in [0.4, 0.5) is 0 Å². The molecule has 0 N–H and O–H groups in total. The minimum absolute atomic E-state index is 0.185. The van der Waals surface area contributed by atoms with E-state index in [1.165, 1.54) is 18.2 Å². The van der Waals surface area contributed by atoms with Crippen molar-refractivity contribution in [1.82, 2.24) is 14.9 Å². The second-order valence-corrected chi connectivity index (χ2v) is 6.46. The van der Waals surface area contributed by atoms with Crippen molar-refractivity contribution >= 4 is 5.97 Å². The Hall–Kier alpha value is -2.21. The first-order valence-corrected chi connectivity index (χ1v) is 8.29. The van der Waals surface area contributed by atoms with Gasteiger partial charge in [-0.15, -0.1) is 0 Å². The zero-order valence-electron chi connectivity index (χ0n) is 14.4. The number of fused-ring (bicyclic) bond motifs is 1. The number of nitrogens with zero attached hydrogens (tertiary/aromatic N) is 3. The highest BCUT2D eigenvalue weighted by molar-refractivity contribution is 5.65. The van der Waals surface area contributed by atoms with Crippen molar-refractivity contribution in [3.63, 3.8) is 0 Å². The van der Waals surface area contributed by atoms with E-state index in [1.54, 1.807) is 0 Å². The summed E-state index contributed by atoms with van der Waals surface area (Å²) in [6, 6.07) is 3.79. The second-order valence-electron chi connectivity index (χ2n) is 6.46. The summed E-state index contributed by atoms with van der Waals surface area (Å²) in [6.07, 6.45) is 2.89. The average Bonchev–Trinajstić information content (AvgIpc) is 2.99. The molecular weight excluding hydrogens is 306 g/mol. The molecule has 3 heterocycles. The van der Waals surface area contributed by atoms with Gasteiger partial charge < -0.3 is 9.15 Å². The van der Waals surface area contributed by atoms with Gasteiger partial charge in [0.1, 0.15) is 24.0 Å². The molecule has 0 saturated heterocycles. The Balaban J connectivity index is 1.61. The Morgan fingerprint density at radius 1 is 1.38 bits per heavy atom. The van der Waals surface area contributed by atoms with E-state index in [9.17, 15) is 4.79 Å². The van der Waals surface area contributed by atoms with Crippen LogP contribution in [0.5, 0.6) is 0 Å². The van der Waals surface area contributed by atoms with Crippen molar-refractivity contribution in [3.05, 3.63) is 46.9 Å². The van der Waals surface area contributed by atoms with Crippen LogP contribution in [0.15, 0.2) is 22.7 Å². The number of ether oxygens (including phenoxy) is 1. The molecule has 0 spiro atoms. The average molecular weight is 329 g/mol. The molecule has 0 aliphatic carbocycles. The molecule has 1 aliphatic rings. The maximum absolute atomic E-state index is 10.8. The molecule has 0 amide bonds. The Bertz CT molecular complexity index is 724. The zero-order chi connectivity index (χ0) is 17.1. The summed E-state index contributed by atoms with van der Waals surface area (Å²) in [5.74, 6) is 2.51. The van der Waals surface area contributed by atoms with Crippen molar-refractivity contribution in [2.45, 2.75) is 52.8 Å². The van der Waals surface area contributed by atoms with Gasteiger partial charge in [-0.05, 0) is 12.1 Å². The van der Waals surface area contributed by atoms with Crippen LogP contribution in [0.3, 0.4) is 0 Å². The molecule has 6 nitrogen and oxygen atoms in total. The van der Waals surface area contributed by atoms with Crippen LogP contribution >= 0.6 is 0 Å². The lowest BCUT2D eigenvalue weighted by atomic mass is 10.1. The smallest absolute Gasteiger partial charge is 0.303 e. The molecule has 0 aromatic carbocycles. The fourth-order valence-electron chi connectivity index (χ4n) is 2.78. The van der Waals surface area contributed by atoms with Gasteiger partial charge in [-0.3, -0.25) is 9.69 Å². The fourth-order valence-corrected chi connectivity index (χ4v) is 2.78. The SMILES string of the molecule is CC(=O)OCc1ccc(CN2CCc3nc(C(C)C)ncc3C2)o1. The van der Waals surface area contributed by atoms with Crippen LogP contribution in [0.25, 0.3) is 0 Å². The van der Waals surface area contributed by atoms with Gasteiger partial charge in [0.15, 0.2) is 0 Å². The topological polar surface area (TPSA) is 68.5 Å². The number of aromatic nitrogens is 2. The van der Waals surface area contributed by atoms with Crippen molar-refractivity contribution in [1.29, 1.82) is 0 Å². The van der Waals surface area contributed by atoms with E-state index in [1.807, 2.05) is 18.3 Å². The highest BCUT2D eigenvalue weighted by atomic mass is 16.5. The minimum atomic E-state index is -0.304. The van der Waals surface area contributed by atoms with Crippen LogP contribution < -0.4 is 0 Å². The highest BCUT2D eigenvalue weighted by Gasteiger charge is 2.20. The van der Waals surface area contributed by atoms with Gasteiger partial charge in [-0.1, -0.05) is 13.8 Å². The predicted octanol–water partition coefficient (Wildman–Crippen LogP) is 2.81. The van der Waals surface area contributed by atoms with Crippen LogP contribution in [-0.4, -0.2) is 27.4 Å². The molecule has 0 radical (unpaired) electrons. The monoisotopic (exact) mass is 329 g/mol. The van der Waals surface area contributed by atoms with Crippen molar-refractivity contribution in [3.8, 4) is 0 Å². The largest absolute Gasteiger partial charge is 0.461 e. The van der Waals surface area contributed by atoms with E-state index in [0.29, 0.717) is 11.7 Å². The molecule has 1 aliphatic heterocycles. The molecule has 0 unspecified atom stereocenters. The Morgan fingerprint density at radius 2 is 2.17 bits per heavy atom. The van der Waals surface area contributed by atoms with Crippen LogP contribution in [0.1, 0.15) is 55.3 Å². The number of carbonyl (C=O) groups is 1. The molecule has 2 aromatic rings. The van der Waals surface area contributed by atoms with Gasteiger partial charge in [0.2, 0.25) is 0 Å². The van der Waals surface area contributed by atoms with Gasteiger partial charge >= 0.3 is 5.97 Å². The third kappa shape index (κ3) is 4.00. The third-order valence-corrected chi connectivity index (χ3v) is 4.06. The molecule has 3 rings (SSSR count). The Labute approximate surface area is 141 Å². The molecule has 6 heteroatoms. The third-order valence-electron chi connectivity index (χ3n) is 4.06. The van der Waals surface area contributed by atoms with Crippen molar-refractivity contribution in [2.24, 2.45) is 0 Å². The number of hydrogen-bond acceptors (Lipinski definition) is 6. The van der Waals surface area contributed by atoms with Gasteiger partial charge in [0.25, 0.3) is 0 Å². The van der Waals surface area contributed by atoms with E-state index in [-0.39, 0.29) is 12.6 Å². The van der Waals surface area contributed by atoms with Crippen LogP contribution in [0, 0.1) is 0 Å². The van der Waals surface area contributed by atoms with Crippen molar-refractivity contribution < 1.29 is 13.9 Å². The summed E-state index contributed by atoms with van der Waals surface area (Å²) in [4.78, 5) is 22.3. The highest BCUT2D eigenvalue weighted by Crippen LogP contribution is 2.21. The lowest BCUT2D eigenvalue weighted by Crippen LogP contribution is -2.31. The minimum Gasteiger partial charge on any atom is -0.461 e. The summed E-state index contributed by atoms with van der Waals surface area (Å²) in [5.41, 5.74) is 2.36. The quantitative estimate of drug-likeness (QED) is 0.786. The number of furan rings is 1. The van der Waals surface area contributed by atoms with Crippen LogP contribution in [0.2, 0.25) is 0 Å². The molecular formula is C18H23N3O3. The maximum atomic E-state index is 10.8. The summed E-state index contributed by atoms with van der Waals surface area (Å²) < 4.78 is 10.7.